The Morgan fingerprint density at radius 1 is 1.13 bits per heavy atom. The molecule has 0 aliphatic carbocycles. The van der Waals surface area contributed by atoms with E-state index in [1.165, 1.54) is 5.56 Å². The number of carbonyl (C=O) groups excluding carboxylic acids is 2. The predicted molar refractivity (Wildman–Crippen MR) is 121 cm³/mol. The summed E-state index contributed by atoms with van der Waals surface area (Å²) in [6.45, 7) is 4.51. The summed E-state index contributed by atoms with van der Waals surface area (Å²) in [5.41, 5.74) is 3.23. The van der Waals surface area contributed by atoms with Gasteiger partial charge in [-0.25, -0.2) is 0 Å². The molecule has 0 saturated carbocycles. The van der Waals surface area contributed by atoms with Crippen molar-refractivity contribution in [3.05, 3.63) is 76.4 Å². The Kier molecular flexibility index (Phi) is 7.93. The van der Waals surface area contributed by atoms with Crippen LogP contribution in [0.1, 0.15) is 21.5 Å². The highest BCUT2D eigenvalue weighted by Gasteiger charge is 2.16. The molecule has 2 aromatic rings. The van der Waals surface area contributed by atoms with E-state index in [1.54, 1.807) is 29.3 Å². The smallest absolute Gasteiger partial charge is 0.291 e. The third-order valence-corrected chi connectivity index (χ3v) is 5.48. The van der Waals surface area contributed by atoms with E-state index in [-0.39, 0.29) is 11.8 Å². The minimum atomic E-state index is -0.301. The number of thioether (sulfide) groups is 1. The van der Waals surface area contributed by atoms with Crippen molar-refractivity contribution in [2.24, 2.45) is 0 Å². The SMILES string of the molecule is Cc1ccc(C(=O)NCCN(C)Cc2ccccc2)cc1NC(=O)C1=CSCCO1. The molecule has 2 amide bonds. The van der Waals surface area contributed by atoms with E-state index in [1.807, 2.05) is 38.2 Å². The third-order valence-electron chi connectivity index (χ3n) is 4.70. The van der Waals surface area contributed by atoms with Gasteiger partial charge in [-0.05, 0) is 37.2 Å². The van der Waals surface area contributed by atoms with E-state index in [2.05, 4.69) is 27.7 Å². The van der Waals surface area contributed by atoms with Crippen molar-refractivity contribution >= 4 is 29.3 Å². The first-order valence-electron chi connectivity index (χ1n) is 9.90. The molecular formula is C23H27N3O3S. The van der Waals surface area contributed by atoms with Crippen LogP contribution in [0.3, 0.4) is 0 Å². The van der Waals surface area contributed by atoms with Gasteiger partial charge in [0.05, 0.1) is 6.61 Å². The number of anilines is 1. The Labute approximate surface area is 181 Å². The number of hydrogen-bond acceptors (Lipinski definition) is 5. The highest BCUT2D eigenvalue weighted by Crippen LogP contribution is 2.20. The van der Waals surface area contributed by atoms with E-state index in [9.17, 15) is 9.59 Å². The summed E-state index contributed by atoms with van der Waals surface area (Å²) >= 11 is 1.55. The van der Waals surface area contributed by atoms with E-state index >= 15 is 0 Å². The molecule has 30 heavy (non-hydrogen) atoms. The van der Waals surface area contributed by atoms with Gasteiger partial charge in [0.2, 0.25) is 0 Å². The van der Waals surface area contributed by atoms with Gasteiger partial charge >= 0.3 is 0 Å². The Bertz CT molecular complexity index is 915. The number of benzene rings is 2. The van der Waals surface area contributed by atoms with Crippen LogP contribution in [0, 0.1) is 6.92 Å². The zero-order valence-electron chi connectivity index (χ0n) is 17.3. The average molecular weight is 426 g/mol. The topological polar surface area (TPSA) is 70.7 Å². The molecule has 1 aliphatic heterocycles. The van der Waals surface area contributed by atoms with E-state index < -0.39 is 0 Å². The molecule has 2 aromatic carbocycles. The van der Waals surface area contributed by atoms with Gasteiger partial charge in [0, 0.05) is 42.0 Å². The van der Waals surface area contributed by atoms with Crippen LogP contribution in [0.2, 0.25) is 0 Å². The van der Waals surface area contributed by atoms with Crippen molar-refractivity contribution in [1.29, 1.82) is 0 Å². The van der Waals surface area contributed by atoms with Crippen molar-refractivity contribution in [1.82, 2.24) is 10.2 Å². The maximum atomic E-state index is 12.6. The monoisotopic (exact) mass is 425 g/mol. The maximum absolute atomic E-state index is 12.6. The average Bonchev–Trinajstić information content (AvgIpc) is 2.76. The molecule has 0 atom stereocenters. The zero-order valence-corrected chi connectivity index (χ0v) is 18.1. The normalized spacial score (nSPS) is 13.4. The van der Waals surface area contributed by atoms with Gasteiger partial charge in [-0.2, -0.15) is 0 Å². The van der Waals surface area contributed by atoms with Gasteiger partial charge in [-0.3, -0.25) is 9.59 Å². The van der Waals surface area contributed by atoms with Gasteiger partial charge in [-0.15, -0.1) is 11.8 Å². The highest BCUT2D eigenvalue weighted by atomic mass is 32.2. The molecule has 0 bridgehead atoms. The van der Waals surface area contributed by atoms with Crippen LogP contribution in [0.15, 0.2) is 59.7 Å². The Morgan fingerprint density at radius 2 is 1.93 bits per heavy atom. The fourth-order valence-electron chi connectivity index (χ4n) is 3.01. The number of likely N-dealkylation sites (N-methyl/N-ethyl adjacent to an activating group) is 1. The Morgan fingerprint density at radius 3 is 2.67 bits per heavy atom. The summed E-state index contributed by atoms with van der Waals surface area (Å²) in [4.78, 5) is 27.1. The number of rotatable bonds is 8. The predicted octanol–water partition coefficient (Wildman–Crippen LogP) is 3.40. The van der Waals surface area contributed by atoms with Gasteiger partial charge in [0.1, 0.15) is 0 Å². The van der Waals surface area contributed by atoms with E-state index in [4.69, 9.17) is 4.74 Å². The van der Waals surface area contributed by atoms with Crippen LogP contribution >= 0.6 is 11.8 Å². The summed E-state index contributed by atoms with van der Waals surface area (Å²) < 4.78 is 5.39. The lowest BCUT2D eigenvalue weighted by atomic mass is 10.1. The largest absolute Gasteiger partial charge is 0.487 e. The molecule has 0 fully saturated rings. The second-order valence-electron chi connectivity index (χ2n) is 7.16. The number of nitrogens with zero attached hydrogens (tertiary/aromatic N) is 1. The van der Waals surface area contributed by atoms with Crippen LogP contribution in [-0.4, -0.2) is 49.2 Å². The van der Waals surface area contributed by atoms with Crippen LogP contribution in [0.25, 0.3) is 0 Å². The van der Waals surface area contributed by atoms with Gasteiger partial charge in [0.15, 0.2) is 5.76 Å². The number of ether oxygens (including phenoxy) is 1. The number of hydrogen-bond donors (Lipinski definition) is 2. The van der Waals surface area contributed by atoms with Crippen molar-refractivity contribution in [2.75, 3.05) is 37.8 Å². The number of amides is 2. The molecule has 3 rings (SSSR count). The molecule has 1 aliphatic rings. The molecule has 6 nitrogen and oxygen atoms in total. The van der Waals surface area contributed by atoms with E-state index in [0.717, 1.165) is 24.4 Å². The fraction of sp³-hybridized carbons (Fsp3) is 0.304. The third kappa shape index (κ3) is 6.37. The maximum Gasteiger partial charge on any atom is 0.291 e. The highest BCUT2D eigenvalue weighted by molar-refractivity contribution is 8.02. The van der Waals surface area contributed by atoms with Crippen molar-refractivity contribution in [3.63, 3.8) is 0 Å². The molecule has 2 N–H and O–H groups in total. The molecule has 0 unspecified atom stereocenters. The molecule has 7 heteroatoms. The first-order chi connectivity index (χ1) is 14.5. The van der Waals surface area contributed by atoms with Crippen LogP contribution in [0.5, 0.6) is 0 Å². The Balaban J connectivity index is 1.52. The van der Waals surface area contributed by atoms with Gasteiger partial charge < -0.3 is 20.3 Å². The second kappa shape index (κ2) is 10.8. The number of nitrogens with one attached hydrogen (secondary N) is 2. The summed E-state index contributed by atoms with van der Waals surface area (Å²) in [5.74, 6) is 0.682. The standard InChI is InChI=1S/C23H27N3O3S/c1-17-8-9-19(14-20(17)25-23(28)21-16-30-13-12-29-21)22(27)24-10-11-26(2)15-18-6-4-3-5-7-18/h3-9,14,16H,10-13,15H2,1-2H3,(H,24,27)(H,25,28). The van der Waals surface area contributed by atoms with Crippen molar-refractivity contribution in [2.45, 2.75) is 13.5 Å². The molecule has 0 spiro atoms. The lowest BCUT2D eigenvalue weighted by Crippen LogP contribution is -2.32. The molecule has 1 heterocycles. The first-order valence-corrected chi connectivity index (χ1v) is 10.9. The van der Waals surface area contributed by atoms with Crippen LogP contribution in [-0.2, 0) is 16.1 Å². The van der Waals surface area contributed by atoms with Gasteiger partial charge in [-0.1, -0.05) is 36.4 Å². The molecular weight excluding hydrogens is 398 g/mol. The second-order valence-corrected chi connectivity index (χ2v) is 8.14. The number of carbonyl (C=O) groups is 2. The quantitative estimate of drug-likeness (QED) is 0.678. The number of aryl methyl sites for hydroxylation is 1. The lowest BCUT2D eigenvalue weighted by molar-refractivity contribution is -0.116. The van der Waals surface area contributed by atoms with Gasteiger partial charge in [0.25, 0.3) is 11.8 Å². The zero-order chi connectivity index (χ0) is 21.3. The lowest BCUT2D eigenvalue weighted by Gasteiger charge is -2.17. The molecule has 0 radical (unpaired) electrons. The summed E-state index contributed by atoms with van der Waals surface area (Å²) in [6.07, 6.45) is 0. The minimum Gasteiger partial charge on any atom is -0.487 e. The fourth-order valence-corrected chi connectivity index (χ4v) is 3.63. The molecule has 0 aromatic heterocycles. The first kappa shape index (κ1) is 21.9. The van der Waals surface area contributed by atoms with Crippen LogP contribution in [0.4, 0.5) is 5.69 Å². The van der Waals surface area contributed by atoms with Crippen LogP contribution < -0.4 is 10.6 Å². The molecule has 0 saturated heterocycles. The van der Waals surface area contributed by atoms with Crippen molar-refractivity contribution < 1.29 is 14.3 Å². The van der Waals surface area contributed by atoms with Crippen molar-refractivity contribution in [3.8, 4) is 0 Å². The summed E-state index contributed by atoms with van der Waals surface area (Å²) in [5, 5.41) is 7.51. The summed E-state index contributed by atoms with van der Waals surface area (Å²) in [7, 11) is 2.03. The minimum absolute atomic E-state index is 0.165. The Hall–Kier alpha value is -2.77. The van der Waals surface area contributed by atoms with E-state index in [0.29, 0.717) is 30.2 Å². The molecule has 158 valence electrons. The summed E-state index contributed by atoms with van der Waals surface area (Å²) in [6, 6.07) is 15.5.